The van der Waals surface area contributed by atoms with Gasteiger partial charge in [0.2, 0.25) is 0 Å². The number of methoxy groups -OCH3 is 1. The third-order valence-corrected chi connectivity index (χ3v) is 7.41. The number of benzene rings is 2. The minimum atomic E-state index is -0.568. The summed E-state index contributed by atoms with van der Waals surface area (Å²) < 4.78 is 11.0. The van der Waals surface area contributed by atoms with Crippen LogP contribution in [-0.2, 0) is 25.5 Å². The van der Waals surface area contributed by atoms with Gasteiger partial charge in [-0.2, -0.15) is 0 Å². The number of Topliss-reactive ketones (excluding diaryl/α,β-unsaturated/α-hetero) is 1. The van der Waals surface area contributed by atoms with E-state index in [0.29, 0.717) is 36.9 Å². The molecule has 0 spiro atoms. The number of carbonyl (C=O) groups excluding carboxylic acids is 3. The summed E-state index contributed by atoms with van der Waals surface area (Å²) in [6, 6.07) is 16.2. The van der Waals surface area contributed by atoms with Crippen LogP contribution in [0.25, 0.3) is 0 Å². The minimum absolute atomic E-state index is 0.0470. The van der Waals surface area contributed by atoms with Crippen molar-refractivity contribution in [3.05, 3.63) is 82.6 Å². The standard InChI is InChI=1S/C27H26ClNO5/c1-33-27(32)18-9-7-17(8-10-18)23-22-24(30)20-15-19(28)11-12-21(20)34-25(22)26(31)29(23)14-13-16-5-3-2-4-6-16/h2-10,19-21,23H,11-15H2,1H3. The van der Waals surface area contributed by atoms with Crippen LogP contribution in [0.5, 0.6) is 0 Å². The summed E-state index contributed by atoms with van der Waals surface area (Å²) in [6.07, 6.45) is 2.32. The van der Waals surface area contributed by atoms with Crippen LogP contribution in [-0.4, -0.2) is 47.7 Å². The van der Waals surface area contributed by atoms with Gasteiger partial charge < -0.3 is 14.4 Å². The van der Waals surface area contributed by atoms with Crippen LogP contribution in [0.1, 0.15) is 46.8 Å². The molecule has 2 heterocycles. The third kappa shape index (κ3) is 4.00. The Morgan fingerprint density at radius 2 is 1.82 bits per heavy atom. The topological polar surface area (TPSA) is 72.9 Å². The highest BCUT2D eigenvalue weighted by molar-refractivity contribution is 6.21. The number of halogens is 1. The molecule has 6 nitrogen and oxygen atoms in total. The number of rotatable bonds is 5. The molecule has 0 bridgehead atoms. The molecule has 1 saturated carbocycles. The van der Waals surface area contributed by atoms with Crippen molar-refractivity contribution < 1.29 is 23.9 Å². The first kappa shape index (κ1) is 22.7. The number of ether oxygens (including phenoxy) is 2. The lowest BCUT2D eigenvalue weighted by Gasteiger charge is -2.37. The largest absolute Gasteiger partial charge is 0.483 e. The fourth-order valence-electron chi connectivity index (χ4n) is 5.25. The van der Waals surface area contributed by atoms with E-state index in [0.717, 1.165) is 17.5 Å². The first-order valence-electron chi connectivity index (χ1n) is 11.6. The molecule has 2 aliphatic heterocycles. The summed E-state index contributed by atoms with van der Waals surface area (Å²) in [5.74, 6) is -0.907. The number of hydrogen-bond donors (Lipinski definition) is 0. The Labute approximate surface area is 203 Å². The van der Waals surface area contributed by atoms with E-state index in [4.69, 9.17) is 21.1 Å². The van der Waals surface area contributed by atoms with E-state index in [9.17, 15) is 14.4 Å². The molecule has 2 aromatic rings. The van der Waals surface area contributed by atoms with E-state index in [2.05, 4.69) is 0 Å². The normalized spacial score (nSPS) is 26.1. The molecule has 0 N–H and O–H groups in total. The average molecular weight is 480 g/mol. The Hall–Kier alpha value is -3.12. The lowest BCUT2D eigenvalue weighted by Crippen LogP contribution is -2.41. The van der Waals surface area contributed by atoms with Crippen LogP contribution in [0, 0.1) is 5.92 Å². The second-order valence-electron chi connectivity index (χ2n) is 9.03. The maximum atomic E-state index is 13.7. The molecule has 0 radical (unpaired) electrons. The second-order valence-corrected chi connectivity index (χ2v) is 9.65. The van der Waals surface area contributed by atoms with Crippen LogP contribution in [0.4, 0.5) is 0 Å². The number of amides is 1. The van der Waals surface area contributed by atoms with Crippen LogP contribution >= 0.6 is 11.6 Å². The van der Waals surface area contributed by atoms with Crippen LogP contribution in [0.15, 0.2) is 65.9 Å². The minimum Gasteiger partial charge on any atom is -0.483 e. The van der Waals surface area contributed by atoms with Crippen molar-refractivity contribution in [3.63, 3.8) is 0 Å². The summed E-state index contributed by atoms with van der Waals surface area (Å²) in [6.45, 7) is 0.434. The molecule has 1 aliphatic carbocycles. The molecule has 34 heavy (non-hydrogen) atoms. The van der Waals surface area contributed by atoms with Crippen molar-refractivity contribution in [1.82, 2.24) is 4.90 Å². The number of alkyl halides is 1. The van der Waals surface area contributed by atoms with Gasteiger partial charge in [-0.15, -0.1) is 11.6 Å². The fraction of sp³-hybridized carbons (Fsp3) is 0.370. The molecule has 176 valence electrons. The van der Waals surface area contributed by atoms with E-state index in [1.807, 2.05) is 30.3 Å². The molecular weight excluding hydrogens is 454 g/mol. The Kier molecular flexibility index (Phi) is 6.17. The number of fused-ring (bicyclic) bond motifs is 1. The predicted molar refractivity (Wildman–Crippen MR) is 126 cm³/mol. The van der Waals surface area contributed by atoms with Crippen molar-refractivity contribution in [2.75, 3.05) is 13.7 Å². The molecule has 4 unspecified atom stereocenters. The van der Waals surface area contributed by atoms with Gasteiger partial charge in [-0.05, 0) is 48.9 Å². The van der Waals surface area contributed by atoms with Crippen molar-refractivity contribution >= 4 is 29.3 Å². The summed E-state index contributed by atoms with van der Waals surface area (Å²) in [5.41, 5.74) is 2.68. The van der Waals surface area contributed by atoms with E-state index in [1.54, 1.807) is 29.2 Å². The van der Waals surface area contributed by atoms with Gasteiger partial charge in [0.1, 0.15) is 6.10 Å². The van der Waals surface area contributed by atoms with Gasteiger partial charge in [0, 0.05) is 11.9 Å². The van der Waals surface area contributed by atoms with Gasteiger partial charge in [-0.3, -0.25) is 9.59 Å². The van der Waals surface area contributed by atoms with E-state index in [1.165, 1.54) is 7.11 Å². The van der Waals surface area contributed by atoms with Gasteiger partial charge in [-0.1, -0.05) is 42.5 Å². The molecule has 7 heteroatoms. The summed E-state index contributed by atoms with van der Waals surface area (Å²) >= 11 is 6.39. The number of carbonyl (C=O) groups is 3. The Morgan fingerprint density at radius 3 is 2.53 bits per heavy atom. The van der Waals surface area contributed by atoms with Crippen LogP contribution in [0.2, 0.25) is 0 Å². The maximum absolute atomic E-state index is 13.7. The lowest BCUT2D eigenvalue weighted by atomic mass is 9.77. The molecule has 2 aromatic carbocycles. The van der Waals surface area contributed by atoms with Crippen LogP contribution < -0.4 is 0 Å². The summed E-state index contributed by atoms with van der Waals surface area (Å²) in [4.78, 5) is 40.9. The van der Waals surface area contributed by atoms with Gasteiger partial charge >= 0.3 is 5.97 Å². The zero-order chi connectivity index (χ0) is 23.8. The summed E-state index contributed by atoms with van der Waals surface area (Å²) in [5, 5.41) is -0.0694. The average Bonchev–Trinajstić information content (AvgIpc) is 3.15. The van der Waals surface area contributed by atoms with E-state index in [-0.39, 0.29) is 34.8 Å². The third-order valence-electron chi connectivity index (χ3n) is 7.01. The number of nitrogens with zero attached hydrogens (tertiary/aromatic N) is 1. The molecule has 1 fully saturated rings. The van der Waals surface area contributed by atoms with Crippen molar-refractivity contribution in [1.29, 1.82) is 0 Å². The number of hydrogen-bond acceptors (Lipinski definition) is 5. The Bertz CT molecular complexity index is 1140. The molecular formula is C27H26ClNO5. The molecule has 0 saturated heterocycles. The van der Waals surface area contributed by atoms with Gasteiger partial charge in [0.15, 0.2) is 11.5 Å². The zero-order valence-corrected chi connectivity index (χ0v) is 19.7. The van der Waals surface area contributed by atoms with E-state index < -0.39 is 12.0 Å². The van der Waals surface area contributed by atoms with Crippen molar-refractivity contribution in [2.45, 2.75) is 43.2 Å². The first-order valence-corrected chi connectivity index (χ1v) is 12.0. The SMILES string of the molecule is COC(=O)c1ccc(C2C3=C(OC4CCC(Cl)CC4C3=O)C(=O)N2CCc2ccccc2)cc1. The highest BCUT2D eigenvalue weighted by Crippen LogP contribution is 2.47. The predicted octanol–water partition coefficient (Wildman–Crippen LogP) is 4.23. The Morgan fingerprint density at radius 1 is 1.09 bits per heavy atom. The van der Waals surface area contributed by atoms with E-state index >= 15 is 0 Å². The molecule has 0 aromatic heterocycles. The smallest absolute Gasteiger partial charge is 0.337 e. The summed E-state index contributed by atoms with van der Waals surface area (Å²) in [7, 11) is 1.33. The highest BCUT2D eigenvalue weighted by Gasteiger charge is 2.52. The lowest BCUT2D eigenvalue weighted by molar-refractivity contribution is -0.135. The second kappa shape index (κ2) is 9.26. The molecule has 1 amide bonds. The molecule has 4 atom stereocenters. The monoisotopic (exact) mass is 479 g/mol. The highest BCUT2D eigenvalue weighted by atomic mass is 35.5. The molecule has 3 aliphatic rings. The maximum Gasteiger partial charge on any atom is 0.337 e. The van der Waals surface area contributed by atoms with Crippen LogP contribution in [0.3, 0.4) is 0 Å². The van der Waals surface area contributed by atoms with Gasteiger partial charge in [-0.25, -0.2) is 4.79 Å². The number of ketones is 1. The zero-order valence-electron chi connectivity index (χ0n) is 18.9. The molecule has 5 rings (SSSR count). The van der Waals surface area contributed by atoms with Crippen molar-refractivity contribution in [2.24, 2.45) is 5.92 Å². The van der Waals surface area contributed by atoms with Gasteiger partial charge in [0.25, 0.3) is 5.91 Å². The fourth-order valence-corrected chi connectivity index (χ4v) is 5.57. The van der Waals surface area contributed by atoms with Crippen molar-refractivity contribution in [3.8, 4) is 0 Å². The first-order chi connectivity index (χ1) is 16.5. The quantitative estimate of drug-likeness (QED) is 0.474. The Balaban J connectivity index is 1.51. The van der Waals surface area contributed by atoms with Gasteiger partial charge in [0.05, 0.1) is 30.2 Å². The number of esters is 1.